The normalized spacial score (nSPS) is 17.1. The lowest BCUT2D eigenvalue weighted by Crippen LogP contribution is -2.43. The fourth-order valence-electron chi connectivity index (χ4n) is 3.33. The van der Waals surface area contributed by atoms with Gasteiger partial charge in [0.15, 0.2) is 0 Å². The zero-order valence-electron chi connectivity index (χ0n) is 14.5. The minimum atomic E-state index is -0.221. The highest BCUT2D eigenvalue weighted by atomic mass is 35.5. The number of thiazole rings is 1. The Balaban J connectivity index is 1.44. The summed E-state index contributed by atoms with van der Waals surface area (Å²) in [6.45, 7) is 1.09. The second kappa shape index (κ2) is 7.66. The number of anilines is 1. The molecule has 1 N–H and O–H groups in total. The number of nitrogens with zero attached hydrogens (tertiary/aromatic N) is 2. The minimum Gasteiger partial charge on any atom is -0.338 e. The Morgan fingerprint density at radius 1 is 1.19 bits per heavy atom. The number of benzene rings is 2. The number of carbonyl (C=O) groups excluding carboxylic acids is 2. The molecule has 1 aliphatic rings. The van der Waals surface area contributed by atoms with Crippen LogP contribution in [0, 0.1) is 5.92 Å². The van der Waals surface area contributed by atoms with E-state index in [-0.39, 0.29) is 17.7 Å². The van der Waals surface area contributed by atoms with Gasteiger partial charge in [-0.2, -0.15) is 0 Å². The zero-order valence-corrected chi connectivity index (χ0v) is 16.1. The third kappa shape index (κ3) is 3.96. The van der Waals surface area contributed by atoms with Gasteiger partial charge in [-0.05, 0) is 55.3 Å². The third-order valence-corrected chi connectivity index (χ3v) is 5.83. The second-order valence-electron chi connectivity index (χ2n) is 6.62. The topological polar surface area (TPSA) is 62.3 Å². The maximum atomic E-state index is 12.9. The molecule has 1 unspecified atom stereocenters. The Labute approximate surface area is 166 Å². The van der Waals surface area contributed by atoms with Gasteiger partial charge < -0.3 is 10.2 Å². The number of hydrogen-bond donors (Lipinski definition) is 1. The van der Waals surface area contributed by atoms with Crippen molar-refractivity contribution in [1.29, 1.82) is 0 Å². The molecular weight excluding hydrogens is 382 g/mol. The van der Waals surface area contributed by atoms with Gasteiger partial charge >= 0.3 is 0 Å². The summed E-state index contributed by atoms with van der Waals surface area (Å²) in [5, 5.41) is 3.54. The number of piperidine rings is 1. The Hall–Kier alpha value is -2.44. The van der Waals surface area contributed by atoms with Crippen molar-refractivity contribution in [3.63, 3.8) is 0 Å². The van der Waals surface area contributed by atoms with Crippen molar-refractivity contribution in [3.8, 4) is 0 Å². The number of carbonyl (C=O) groups is 2. The predicted molar refractivity (Wildman–Crippen MR) is 108 cm³/mol. The van der Waals surface area contributed by atoms with E-state index in [4.69, 9.17) is 11.6 Å². The second-order valence-corrected chi connectivity index (χ2v) is 7.94. The van der Waals surface area contributed by atoms with E-state index in [0.717, 1.165) is 23.1 Å². The van der Waals surface area contributed by atoms with Crippen LogP contribution in [0.2, 0.25) is 5.02 Å². The third-order valence-electron chi connectivity index (χ3n) is 4.77. The monoisotopic (exact) mass is 399 g/mol. The highest BCUT2D eigenvalue weighted by molar-refractivity contribution is 7.16. The van der Waals surface area contributed by atoms with Gasteiger partial charge in [0.05, 0.1) is 21.6 Å². The first-order valence-corrected chi connectivity index (χ1v) is 10.0. The Bertz CT molecular complexity index is 986. The summed E-state index contributed by atoms with van der Waals surface area (Å²) in [5.41, 5.74) is 3.94. The van der Waals surface area contributed by atoms with E-state index < -0.39 is 0 Å². The van der Waals surface area contributed by atoms with E-state index in [0.29, 0.717) is 29.4 Å². The summed E-state index contributed by atoms with van der Waals surface area (Å²) >= 11 is 7.43. The van der Waals surface area contributed by atoms with Crippen LogP contribution >= 0.6 is 22.9 Å². The SMILES string of the molecule is O=C(Nc1ccc(Cl)cc1)C1CCCN(C(=O)c2ccc3scnc3c2)C1. The van der Waals surface area contributed by atoms with Crippen LogP contribution in [-0.4, -0.2) is 34.8 Å². The van der Waals surface area contributed by atoms with Crippen molar-refractivity contribution >= 4 is 50.7 Å². The molecule has 0 aliphatic carbocycles. The highest BCUT2D eigenvalue weighted by Gasteiger charge is 2.29. The van der Waals surface area contributed by atoms with Gasteiger partial charge in [-0.1, -0.05) is 11.6 Å². The molecule has 2 heterocycles. The van der Waals surface area contributed by atoms with E-state index in [2.05, 4.69) is 10.3 Å². The number of fused-ring (bicyclic) bond motifs is 1. The van der Waals surface area contributed by atoms with Crippen LogP contribution in [0.1, 0.15) is 23.2 Å². The number of nitrogens with one attached hydrogen (secondary N) is 1. The maximum Gasteiger partial charge on any atom is 0.253 e. The first kappa shape index (κ1) is 17.9. The molecule has 0 bridgehead atoms. The van der Waals surface area contributed by atoms with Crippen LogP contribution in [0.15, 0.2) is 48.0 Å². The van der Waals surface area contributed by atoms with Crippen molar-refractivity contribution in [3.05, 3.63) is 58.6 Å². The first-order chi connectivity index (χ1) is 13.1. The maximum absolute atomic E-state index is 12.9. The van der Waals surface area contributed by atoms with Crippen LogP contribution in [0.3, 0.4) is 0 Å². The van der Waals surface area contributed by atoms with Crippen molar-refractivity contribution < 1.29 is 9.59 Å². The van der Waals surface area contributed by atoms with E-state index >= 15 is 0 Å². The molecule has 1 atom stereocenters. The molecule has 0 saturated carbocycles. The molecular formula is C20H18ClN3O2S. The molecule has 2 aromatic carbocycles. The van der Waals surface area contributed by atoms with Gasteiger partial charge in [0.25, 0.3) is 5.91 Å². The van der Waals surface area contributed by atoms with Crippen LogP contribution < -0.4 is 5.32 Å². The molecule has 138 valence electrons. The van der Waals surface area contributed by atoms with Gasteiger partial charge in [0, 0.05) is 29.4 Å². The Morgan fingerprint density at radius 2 is 2.00 bits per heavy atom. The average molecular weight is 400 g/mol. The molecule has 1 aliphatic heterocycles. The van der Waals surface area contributed by atoms with Crippen LogP contribution in [0.4, 0.5) is 5.69 Å². The summed E-state index contributed by atoms with van der Waals surface area (Å²) in [4.78, 5) is 31.5. The lowest BCUT2D eigenvalue weighted by atomic mass is 9.96. The summed E-state index contributed by atoms with van der Waals surface area (Å²) in [5.74, 6) is -0.333. The van der Waals surface area contributed by atoms with Crippen molar-refractivity contribution in [1.82, 2.24) is 9.88 Å². The standard InChI is InChI=1S/C20H18ClN3O2S/c21-15-4-6-16(7-5-15)23-19(25)14-2-1-9-24(11-14)20(26)13-3-8-18-17(10-13)22-12-27-18/h3-8,10,12,14H,1-2,9,11H2,(H,23,25). The quantitative estimate of drug-likeness (QED) is 0.708. The lowest BCUT2D eigenvalue weighted by molar-refractivity contribution is -0.121. The number of rotatable bonds is 3. The molecule has 3 aromatic rings. The van der Waals surface area contributed by atoms with Crippen LogP contribution in [0.5, 0.6) is 0 Å². The molecule has 4 rings (SSSR count). The van der Waals surface area contributed by atoms with E-state index in [1.54, 1.807) is 46.0 Å². The Kier molecular flexibility index (Phi) is 5.09. The van der Waals surface area contributed by atoms with E-state index in [9.17, 15) is 9.59 Å². The number of likely N-dealkylation sites (tertiary alicyclic amines) is 1. The van der Waals surface area contributed by atoms with E-state index in [1.165, 1.54) is 0 Å². The molecule has 0 spiro atoms. The smallest absolute Gasteiger partial charge is 0.253 e. The molecule has 7 heteroatoms. The zero-order chi connectivity index (χ0) is 18.8. The van der Waals surface area contributed by atoms with Gasteiger partial charge in [-0.15, -0.1) is 11.3 Å². The average Bonchev–Trinajstić information content (AvgIpc) is 3.17. The fraction of sp³-hybridized carbons (Fsp3) is 0.250. The van der Waals surface area contributed by atoms with Crippen molar-refractivity contribution in [2.45, 2.75) is 12.8 Å². The molecule has 1 aromatic heterocycles. The summed E-state index contributed by atoms with van der Waals surface area (Å²) in [6, 6.07) is 12.6. The molecule has 1 saturated heterocycles. The molecule has 27 heavy (non-hydrogen) atoms. The van der Waals surface area contributed by atoms with Gasteiger partial charge in [-0.3, -0.25) is 9.59 Å². The summed E-state index contributed by atoms with van der Waals surface area (Å²) in [6.07, 6.45) is 1.58. The molecule has 5 nitrogen and oxygen atoms in total. The number of amides is 2. The molecule has 0 radical (unpaired) electrons. The Morgan fingerprint density at radius 3 is 2.81 bits per heavy atom. The number of hydrogen-bond acceptors (Lipinski definition) is 4. The number of aromatic nitrogens is 1. The molecule has 1 fully saturated rings. The van der Waals surface area contributed by atoms with Gasteiger partial charge in [-0.25, -0.2) is 4.98 Å². The summed E-state index contributed by atoms with van der Waals surface area (Å²) in [7, 11) is 0. The van der Waals surface area contributed by atoms with Crippen molar-refractivity contribution in [2.75, 3.05) is 18.4 Å². The minimum absolute atomic E-state index is 0.0473. The van der Waals surface area contributed by atoms with Crippen LogP contribution in [-0.2, 0) is 4.79 Å². The fourth-order valence-corrected chi connectivity index (χ4v) is 4.11. The van der Waals surface area contributed by atoms with Crippen LogP contribution in [0.25, 0.3) is 10.2 Å². The van der Waals surface area contributed by atoms with Gasteiger partial charge in [0.1, 0.15) is 0 Å². The summed E-state index contributed by atoms with van der Waals surface area (Å²) < 4.78 is 1.06. The molecule has 2 amide bonds. The largest absolute Gasteiger partial charge is 0.338 e. The number of halogens is 1. The lowest BCUT2D eigenvalue weighted by Gasteiger charge is -2.32. The van der Waals surface area contributed by atoms with Gasteiger partial charge in [0.2, 0.25) is 5.91 Å². The highest BCUT2D eigenvalue weighted by Crippen LogP contribution is 2.23. The van der Waals surface area contributed by atoms with Crippen molar-refractivity contribution in [2.24, 2.45) is 5.92 Å². The first-order valence-electron chi connectivity index (χ1n) is 8.79. The van der Waals surface area contributed by atoms with E-state index in [1.807, 2.05) is 18.2 Å². The predicted octanol–water partition coefficient (Wildman–Crippen LogP) is 4.44.